The molecule has 634 valence electrons. The summed E-state index contributed by atoms with van der Waals surface area (Å²) in [5.74, 6) is 2.80. The lowest BCUT2D eigenvalue weighted by molar-refractivity contribution is -0.152. The van der Waals surface area contributed by atoms with Gasteiger partial charge >= 0.3 is 0 Å². The minimum absolute atomic E-state index is 0.00383. The topological polar surface area (TPSA) is 189 Å². The normalized spacial score (nSPS) is 22.7. The van der Waals surface area contributed by atoms with Crippen LogP contribution in [0.1, 0.15) is 306 Å². The third-order valence-electron chi connectivity index (χ3n) is 22.9. The minimum Gasteiger partial charge on any atom is -0.366 e. The quantitative estimate of drug-likeness (QED) is 0.238. The zero-order valence-corrected chi connectivity index (χ0v) is 77.2. The average molecular weight is 1540 g/mol. The number of hydrogen-bond donors (Lipinski definition) is 2. The maximum atomic E-state index is 12.3. The Kier molecular flexibility index (Phi) is 33.5. The number of nitrogens with zero attached hydrogens (tertiary/aromatic N) is 9. The van der Waals surface area contributed by atoms with E-state index < -0.39 is 0 Å². The van der Waals surface area contributed by atoms with Gasteiger partial charge in [-0.05, 0) is 253 Å². The van der Waals surface area contributed by atoms with Gasteiger partial charge in [0.1, 0.15) is 26.4 Å². The lowest BCUT2D eigenvalue weighted by Gasteiger charge is -2.49. The summed E-state index contributed by atoms with van der Waals surface area (Å²) in [6.45, 7) is 94.0. The van der Waals surface area contributed by atoms with E-state index in [2.05, 4.69) is 187 Å². The number of ether oxygens (including phenoxy) is 4. The molecule has 1 aromatic rings. The van der Waals surface area contributed by atoms with Crippen LogP contribution in [0.2, 0.25) is 0 Å². The van der Waals surface area contributed by atoms with Crippen LogP contribution in [0.4, 0.5) is 0 Å². The highest BCUT2D eigenvalue weighted by Gasteiger charge is 2.52. The summed E-state index contributed by atoms with van der Waals surface area (Å²) < 4.78 is 22.3. The van der Waals surface area contributed by atoms with E-state index in [9.17, 15) is 24.0 Å². The third kappa shape index (κ3) is 33.5. The van der Waals surface area contributed by atoms with E-state index in [1.165, 1.54) is 18.5 Å². The predicted octanol–water partition coefficient (Wildman–Crippen LogP) is 15.2. The van der Waals surface area contributed by atoms with Gasteiger partial charge in [-0.15, -0.1) is 0 Å². The van der Waals surface area contributed by atoms with Crippen molar-refractivity contribution in [1.29, 1.82) is 0 Å². The van der Waals surface area contributed by atoms with Gasteiger partial charge in [-0.1, -0.05) is 83.1 Å². The van der Waals surface area contributed by atoms with Gasteiger partial charge in [-0.3, -0.25) is 48.7 Å². The SMILES string of the molecule is CC(C)(C)C(=O)N1CCC(C(C)(C)C)CC1.CC(C)(C)OCC(=O)N1CC2(CCN(C(C)(C)C)C2)C1.CC(C)(C)OCC(=O)N1CC2CN(C(C)(C)C)CC2C1.CC(C)(C)OCC(=O)N1CCC2(CCN(C(C)(C)C)C2)C1.CC(C)(C)OCC(=O)NC1CCN(C(C)(C)C)CC1.CC(C)(C)c1cc(C(C)(C)C)[nH]n1. The molecule has 3 atom stereocenters. The number of hydrogen-bond acceptors (Lipinski definition) is 14. The number of carbonyl (C=O) groups excluding carboxylic acids is 5. The highest BCUT2D eigenvalue weighted by atomic mass is 16.5. The first-order valence-electron chi connectivity index (χ1n) is 42.0. The second kappa shape index (κ2) is 37.5. The molecule has 8 aliphatic heterocycles. The Bertz CT molecular complexity index is 2950. The van der Waals surface area contributed by atoms with Crippen LogP contribution in [-0.4, -0.2) is 261 Å². The van der Waals surface area contributed by atoms with Crippen molar-refractivity contribution in [3.8, 4) is 0 Å². The standard InChI is InChI=1S/C17H32N2O2.2C16H30N2O2.C15H30N2O2.C14H27NO.C11H20N2/c1-15(2,3)19-10-8-17(13-19)7-9-18(12-17)14(20)11-21-16(4,5)6;1-15(2,3)18-9-12-7-17(8-13(12)10-18)14(19)11-20-16(4,5)6;1-14(2,3)18-8-7-16(12-18)10-17(11-16)13(19)9-20-15(4,5)6;1-14(2,3)17-9-7-12(8-10-17)16-13(18)11-19-15(4,5)6;1-13(2,3)11-7-9-15(10-8-11)12(16)14(4,5)6;1-10(2,3)8-7-9(13-12-8)11(4,5)6/h7-13H2,1-6H3;12-13H,7-11H2,1-6H3;7-12H2,1-6H3;12H,7-11H2,1-6H3,(H,16,18);11H,7-10H2,1-6H3;7H,1-6H3,(H,12,13). The summed E-state index contributed by atoms with van der Waals surface area (Å²) in [5, 5.41) is 10.5. The zero-order chi connectivity index (χ0) is 83.7. The second-order valence-electron chi connectivity index (χ2n) is 45.8. The number of aromatic amines is 1. The van der Waals surface area contributed by atoms with Crippen LogP contribution in [0.5, 0.6) is 0 Å². The number of likely N-dealkylation sites (tertiary alicyclic amines) is 8. The number of carbonyl (C=O) groups is 5. The van der Waals surface area contributed by atoms with Gasteiger partial charge < -0.3 is 43.9 Å². The molecule has 0 radical (unpaired) electrons. The Morgan fingerprint density at radius 2 is 0.780 bits per heavy atom. The number of nitrogens with one attached hydrogen (secondary N) is 2. The molecular formula is C89H169N11O9. The van der Waals surface area contributed by atoms with E-state index in [-0.39, 0.29) is 111 Å². The highest BCUT2D eigenvalue weighted by Crippen LogP contribution is 2.44. The average Bonchev–Trinajstić information content (AvgIpc) is 1.65. The molecule has 8 fully saturated rings. The van der Waals surface area contributed by atoms with Crippen molar-refractivity contribution in [2.75, 3.05) is 131 Å². The summed E-state index contributed by atoms with van der Waals surface area (Å²) in [6, 6.07) is 2.47. The number of piperidine rings is 2. The molecule has 0 aromatic carbocycles. The minimum atomic E-state index is -0.257. The Labute approximate surface area is 667 Å². The third-order valence-corrected chi connectivity index (χ3v) is 22.9. The van der Waals surface area contributed by atoms with E-state index in [1.807, 2.05) is 123 Å². The van der Waals surface area contributed by atoms with Crippen LogP contribution in [0.3, 0.4) is 0 Å². The van der Waals surface area contributed by atoms with Crippen LogP contribution in [0.15, 0.2) is 6.07 Å². The largest absolute Gasteiger partial charge is 0.366 e. The lowest BCUT2D eigenvalue weighted by atomic mass is 9.75. The summed E-state index contributed by atoms with van der Waals surface area (Å²) in [5.41, 5.74) is 3.43. The van der Waals surface area contributed by atoms with Gasteiger partial charge in [0.15, 0.2) is 0 Å². The first kappa shape index (κ1) is 97.6. The molecule has 0 aliphatic carbocycles. The predicted molar refractivity (Wildman–Crippen MR) is 449 cm³/mol. The lowest BCUT2D eigenvalue weighted by Crippen LogP contribution is -2.61. The van der Waals surface area contributed by atoms with Gasteiger partial charge in [0.25, 0.3) is 0 Å². The fraction of sp³-hybridized carbons (Fsp3) is 0.910. The fourth-order valence-corrected chi connectivity index (χ4v) is 15.3. The van der Waals surface area contributed by atoms with Crippen molar-refractivity contribution in [2.24, 2.45) is 39.4 Å². The summed E-state index contributed by atoms with van der Waals surface area (Å²) in [7, 11) is 0. The summed E-state index contributed by atoms with van der Waals surface area (Å²) in [4.78, 5) is 78.6. The molecule has 109 heavy (non-hydrogen) atoms. The van der Waals surface area contributed by atoms with E-state index in [0.29, 0.717) is 40.0 Å². The number of aromatic nitrogens is 2. The molecule has 5 amide bonds. The first-order valence-corrected chi connectivity index (χ1v) is 42.0. The van der Waals surface area contributed by atoms with Gasteiger partial charge in [-0.25, -0.2) is 0 Å². The molecule has 20 heteroatoms. The second-order valence-corrected chi connectivity index (χ2v) is 45.8. The van der Waals surface area contributed by atoms with Crippen LogP contribution in [0.25, 0.3) is 0 Å². The Morgan fingerprint density at radius 3 is 1.14 bits per heavy atom. The van der Waals surface area contributed by atoms with Crippen molar-refractivity contribution in [3.05, 3.63) is 17.5 Å². The van der Waals surface area contributed by atoms with Crippen LogP contribution >= 0.6 is 0 Å². The van der Waals surface area contributed by atoms with Gasteiger partial charge in [-0.2, -0.15) is 5.10 Å². The van der Waals surface area contributed by atoms with Crippen LogP contribution in [-0.2, 0) is 53.8 Å². The van der Waals surface area contributed by atoms with Crippen molar-refractivity contribution >= 4 is 29.5 Å². The highest BCUT2D eigenvalue weighted by molar-refractivity contribution is 5.82. The zero-order valence-electron chi connectivity index (χ0n) is 77.2. The van der Waals surface area contributed by atoms with Crippen molar-refractivity contribution in [1.82, 2.24) is 54.7 Å². The molecule has 8 saturated heterocycles. The molecule has 2 spiro atoms. The fourth-order valence-electron chi connectivity index (χ4n) is 15.3. The van der Waals surface area contributed by atoms with Crippen LogP contribution < -0.4 is 5.32 Å². The molecule has 0 saturated carbocycles. The maximum absolute atomic E-state index is 12.3. The van der Waals surface area contributed by atoms with Gasteiger partial charge in [0.05, 0.1) is 28.1 Å². The number of H-pyrrole nitrogens is 1. The van der Waals surface area contributed by atoms with E-state index in [4.69, 9.17) is 18.9 Å². The molecule has 0 bridgehead atoms. The molecule has 9 rings (SSSR count). The molecule has 1 aromatic heterocycles. The molecule has 3 unspecified atom stereocenters. The molecule has 8 aliphatic rings. The maximum Gasteiger partial charge on any atom is 0.248 e. The molecule has 9 heterocycles. The smallest absolute Gasteiger partial charge is 0.248 e. The number of fused-ring (bicyclic) bond motifs is 1. The monoisotopic (exact) mass is 1540 g/mol. The van der Waals surface area contributed by atoms with Crippen molar-refractivity contribution < 1.29 is 42.9 Å². The van der Waals surface area contributed by atoms with E-state index in [1.54, 1.807) is 0 Å². The Hall–Kier alpha value is -3.76. The van der Waals surface area contributed by atoms with Gasteiger partial charge in [0.2, 0.25) is 29.5 Å². The summed E-state index contributed by atoms with van der Waals surface area (Å²) in [6.07, 6.45) is 7.94. The van der Waals surface area contributed by atoms with Crippen molar-refractivity contribution in [2.45, 2.75) is 356 Å². The molecule has 2 N–H and O–H groups in total. The number of amides is 5. The Balaban J connectivity index is 0.000000278. The van der Waals surface area contributed by atoms with Crippen LogP contribution in [0, 0.1) is 39.4 Å². The van der Waals surface area contributed by atoms with Crippen molar-refractivity contribution in [3.63, 3.8) is 0 Å². The molecule has 20 nitrogen and oxygen atoms in total. The van der Waals surface area contributed by atoms with E-state index in [0.717, 1.165) is 148 Å². The van der Waals surface area contributed by atoms with Gasteiger partial charge in [0, 0.05) is 153 Å². The first-order chi connectivity index (χ1) is 49.0. The number of rotatable bonds is 9. The molecular weight excluding hydrogens is 1370 g/mol. The van der Waals surface area contributed by atoms with E-state index >= 15 is 0 Å². The summed E-state index contributed by atoms with van der Waals surface area (Å²) >= 11 is 0. The Morgan fingerprint density at radius 1 is 0.404 bits per heavy atom.